The average Bonchev–Trinajstić information content (AvgIpc) is 2.90. The Morgan fingerprint density at radius 2 is 1.86 bits per heavy atom. The average molecular weight is 423 g/mol. The number of ketones is 1. The van der Waals surface area contributed by atoms with Gasteiger partial charge in [-0.05, 0) is 58.4 Å². The van der Waals surface area contributed by atoms with Crippen molar-refractivity contribution in [3.05, 3.63) is 56.2 Å². The molecule has 28 heavy (non-hydrogen) atoms. The molecule has 2 aromatic heterocycles. The van der Waals surface area contributed by atoms with Crippen LogP contribution in [0, 0.1) is 25.5 Å². The van der Waals surface area contributed by atoms with Crippen molar-refractivity contribution in [2.75, 3.05) is 0 Å². The molecule has 0 fully saturated rings. The fourth-order valence-electron chi connectivity index (χ4n) is 2.92. The Morgan fingerprint density at radius 1 is 1.18 bits per heavy atom. The van der Waals surface area contributed by atoms with Crippen molar-refractivity contribution in [3.8, 4) is 0 Å². The smallest absolute Gasteiger partial charge is 0.263 e. The summed E-state index contributed by atoms with van der Waals surface area (Å²) in [5.41, 5.74) is 0.882. The lowest BCUT2D eigenvalue weighted by molar-refractivity contribution is 0.0993. The van der Waals surface area contributed by atoms with Gasteiger partial charge in [0.2, 0.25) is 0 Å². The number of carbonyl (C=O) groups excluding carboxylic acids is 1. The van der Waals surface area contributed by atoms with Crippen LogP contribution in [0.3, 0.4) is 0 Å². The van der Waals surface area contributed by atoms with E-state index in [-0.39, 0.29) is 22.9 Å². The van der Waals surface area contributed by atoms with Gasteiger partial charge in [-0.1, -0.05) is 11.8 Å². The van der Waals surface area contributed by atoms with Crippen LogP contribution in [0.5, 0.6) is 0 Å². The monoisotopic (exact) mass is 422 g/mol. The molecule has 0 aliphatic rings. The van der Waals surface area contributed by atoms with Gasteiger partial charge in [0, 0.05) is 16.5 Å². The second kappa shape index (κ2) is 7.75. The number of nitrogens with zero attached hydrogens (tertiary/aromatic N) is 2. The van der Waals surface area contributed by atoms with Gasteiger partial charge in [-0.2, -0.15) is 0 Å². The summed E-state index contributed by atoms with van der Waals surface area (Å²) in [6, 6.07) is 2.95. The highest BCUT2D eigenvalue weighted by Crippen LogP contribution is 2.31. The Hall–Kier alpha value is -2.06. The number of hydrogen-bond donors (Lipinski definition) is 0. The van der Waals surface area contributed by atoms with Crippen molar-refractivity contribution < 1.29 is 13.6 Å². The third kappa shape index (κ3) is 3.63. The molecule has 0 bridgehead atoms. The first kappa shape index (κ1) is 20.7. The van der Waals surface area contributed by atoms with E-state index in [9.17, 15) is 18.4 Å². The lowest BCUT2D eigenvalue weighted by atomic mass is 10.1. The van der Waals surface area contributed by atoms with E-state index in [0.717, 1.165) is 34.3 Å². The minimum atomic E-state index is -1.06. The van der Waals surface area contributed by atoms with E-state index in [1.54, 1.807) is 11.5 Å². The number of thioether (sulfide) groups is 1. The SMILES string of the molecule is Cc1sc2nc(SC(C)C(=O)c3ccc(F)c(F)c3)n(C(C)C)c(=O)c2c1C. The predicted molar refractivity (Wildman–Crippen MR) is 110 cm³/mol. The summed E-state index contributed by atoms with van der Waals surface area (Å²) in [5, 5.41) is 0.429. The van der Waals surface area contributed by atoms with Crippen LogP contribution in [-0.2, 0) is 0 Å². The molecule has 1 aromatic carbocycles. The van der Waals surface area contributed by atoms with Crippen molar-refractivity contribution in [3.63, 3.8) is 0 Å². The largest absolute Gasteiger partial charge is 0.293 e. The van der Waals surface area contributed by atoms with E-state index in [1.807, 2.05) is 27.7 Å². The van der Waals surface area contributed by atoms with E-state index in [2.05, 4.69) is 4.98 Å². The number of thiophene rings is 1. The molecule has 2 heterocycles. The maximum Gasteiger partial charge on any atom is 0.263 e. The second-order valence-corrected chi connectivity index (χ2v) is 9.39. The molecular weight excluding hydrogens is 402 g/mol. The molecule has 3 aromatic rings. The number of aromatic nitrogens is 2. The maximum atomic E-state index is 13.5. The van der Waals surface area contributed by atoms with Crippen LogP contribution < -0.4 is 5.56 Å². The fourth-order valence-corrected chi connectivity index (χ4v) is 5.11. The summed E-state index contributed by atoms with van der Waals surface area (Å²) in [5.74, 6) is -2.42. The quantitative estimate of drug-likeness (QED) is 0.318. The Kier molecular flexibility index (Phi) is 5.72. The molecule has 1 atom stereocenters. The van der Waals surface area contributed by atoms with Gasteiger partial charge < -0.3 is 0 Å². The lowest BCUT2D eigenvalue weighted by Crippen LogP contribution is -2.26. The zero-order valence-corrected chi connectivity index (χ0v) is 17.8. The fraction of sp³-hybridized carbons (Fsp3) is 0.350. The van der Waals surface area contributed by atoms with Crippen LogP contribution in [0.1, 0.15) is 47.6 Å². The zero-order chi connectivity index (χ0) is 20.7. The maximum absolute atomic E-state index is 13.5. The minimum Gasteiger partial charge on any atom is -0.293 e. The number of rotatable bonds is 5. The van der Waals surface area contributed by atoms with Gasteiger partial charge in [0.05, 0.1) is 10.6 Å². The zero-order valence-electron chi connectivity index (χ0n) is 16.2. The van der Waals surface area contributed by atoms with E-state index in [4.69, 9.17) is 0 Å². The number of Topliss-reactive ketones (excluding diaryl/α,β-unsaturated/α-hetero) is 1. The molecule has 0 saturated carbocycles. The van der Waals surface area contributed by atoms with E-state index >= 15 is 0 Å². The molecule has 148 valence electrons. The van der Waals surface area contributed by atoms with Crippen LogP contribution in [0.2, 0.25) is 0 Å². The summed E-state index contributed by atoms with van der Waals surface area (Å²) < 4.78 is 28.2. The molecule has 0 N–H and O–H groups in total. The molecular formula is C20H20F2N2O2S2. The number of benzene rings is 1. The van der Waals surface area contributed by atoms with E-state index in [1.165, 1.54) is 17.4 Å². The van der Waals surface area contributed by atoms with E-state index in [0.29, 0.717) is 15.4 Å². The molecule has 8 heteroatoms. The molecule has 1 unspecified atom stereocenters. The highest BCUT2D eigenvalue weighted by molar-refractivity contribution is 8.00. The lowest BCUT2D eigenvalue weighted by Gasteiger charge is -2.17. The third-order valence-electron chi connectivity index (χ3n) is 4.57. The second-order valence-electron chi connectivity index (χ2n) is 6.88. The summed E-state index contributed by atoms with van der Waals surface area (Å²) in [7, 11) is 0. The first-order valence-corrected chi connectivity index (χ1v) is 10.5. The molecule has 3 rings (SSSR count). The van der Waals surface area contributed by atoms with Crippen LogP contribution in [0.4, 0.5) is 8.78 Å². The molecule has 0 spiro atoms. The summed E-state index contributed by atoms with van der Waals surface area (Å²) in [4.78, 5) is 32.1. The number of carbonyl (C=O) groups is 1. The van der Waals surface area contributed by atoms with Crippen molar-refractivity contribution >= 4 is 39.1 Å². The summed E-state index contributed by atoms with van der Waals surface area (Å²) in [6.45, 7) is 9.29. The Labute approximate surface area is 169 Å². The topological polar surface area (TPSA) is 52.0 Å². The number of hydrogen-bond acceptors (Lipinski definition) is 5. The summed E-state index contributed by atoms with van der Waals surface area (Å²) >= 11 is 2.60. The van der Waals surface area contributed by atoms with Crippen LogP contribution in [-0.4, -0.2) is 20.6 Å². The normalized spacial score (nSPS) is 12.7. The van der Waals surface area contributed by atoms with Crippen LogP contribution >= 0.6 is 23.1 Å². The van der Waals surface area contributed by atoms with Crippen LogP contribution in [0.15, 0.2) is 28.2 Å². The van der Waals surface area contributed by atoms with Crippen molar-refractivity contribution in [1.29, 1.82) is 0 Å². The minimum absolute atomic E-state index is 0.0845. The molecule has 0 aliphatic heterocycles. The predicted octanol–water partition coefficient (Wildman–Crippen LogP) is 5.30. The number of fused-ring (bicyclic) bond motifs is 1. The van der Waals surface area contributed by atoms with Crippen molar-refractivity contribution in [1.82, 2.24) is 9.55 Å². The first-order chi connectivity index (χ1) is 13.1. The standard InChI is InChI=1S/C20H20F2N2O2S2/c1-9(2)24-19(26)16-10(3)11(4)27-18(16)23-20(24)28-12(5)17(25)13-6-7-14(21)15(22)8-13/h6-9,12H,1-5H3. The number of halogens is 2. The Morgan fingerprint density at radius 3 is 2.46 bits per heavy atom. The van der Waals surface area contributed by atoms with Gasteiger partial charge in [0.1, 0.15) is 4.83 Å². The van der Waals surface area contributed by atoms with Gasteiger partial charge in [-0.3, -0.25) is 14.2 Å². The van der Waals surface area contributed by atoms with Gasteiger partial charge >= 0.3 is 0 Å². The van der Waals surface area contributed by atoms with Crippen molar-refractivity contribution in [2.45, 2.75) is 51.1 Å². The van der Waals surface area contributed by atoms with Gasteiger partial charge in [-0.15, -0.1) is 11.3 Å². The number of aryl methyl sites for hydroxylation is 2. The molecule has 0 aliphatic carbocycles. The molecule has 4 nitrogen and oxygen atoms in total. The Bertz CT molecular complexity index is 1140. The first-order valence-electron chi connectivity index (χ1n) is 8.80. The van der Waals surface area contributed by atoms with Crippen molar-refractivity contribution in [2.24, 2.45) is 0 Å². The highest BCUT2D eigenvalue weighted by Gasteiger charge is 2.24. The summed E-state index contributed by atoms with van der Waals surface area (Å²) in [6.07, 6.45) is 0. The highest BCUT2D eigenvalue weighted by atomic mass is 32.2. The molecule has 0 radical (unpaired) electrons. The van der Waals surface area contributed by atoms with Gasteiger partial charge in [0.25, 0.3) is 5.56 Å². The van der Waals surface area contributed by atoms with E-state index < -0.39 is 16.9 Å². The third-order valence-corrected chi connectivity index (χ3v) is 6.74. The van der Waals surface area contributed by atoms with Gasteiger partial charge in [-0.25, -0.2) is 13.8 Å². The van der Waals surface area contributed by atoms with Crippen LogP contribution in [0.25, 0.3) is 10.2 Å². The molecule has 0 saturated heterocycles. The Balaban J connectivity index is 2.03. The van der Waals surface area contributed by atoms with Gasteiger partial charge in [0.15, 0.2) is 22.6 Å². The molecule has 0 amide bonds.